The normalized spacial score (nSPS) is 10.8. The fourth-order valence-corrected chi connectivity index (χ4v) is 1.60. The SMILES string of the molecule is CC(=O)n1ncc2c(C)c(C)ccc21. The molecular weight excluding hydrogens is 176 g/mol. The van der Waals surface area contributed by atoms with E-state index in [4.69, 9.17) is 0 Å². The Bertz CT molecular complexity index is 511. The van der Waals surface area contributed by atoms with Crippen LogP contribution in [0.5, 0.6) is 0 Å². The van der Waals surface area contributed by atoms with E-state index in [9.17, 15) is 4.79 Å². The molecule has 1 aromatic heterocycles. The van der Waals surface area contributed by atoms with E-state index in [1.54, 1.807) is 6.20 Å². The van der Waals surface area contributed by atoms with Gasteiger partial charge in [-0.25, -0.2) is 4.68 Å². The number of hydrogen-bond acceptors (Lipinski definition) is 2. The zero-order valence-corrected chi connectivity index (χ0v) is 8.53. The second-order valence-electron chi connectivity index (χ2n) is 3.52. The van der Waals surface area contributed by atoms with Crippen molar-refractivity contribution in [2.45, 2.75) is 20.8 Å². The van der Waals surface area contributed by atoms with Gasteiger partial charge >= 0.3 is 0 Å². The van der Waals surface area contributed by atoms with E-state index >= 15 is 0 Å². The van der Waals surface area contributed by atoms with Gasteiger partial charge in [0.25, 0.3) is 0 Å². The summed E-state index contributed by atoms with van der Waals surface area (Å²) in [5.41, 5.74) is 3.30. The van der Waals surface area contributed by atoms with Crippen LogP contribution in [-0.2, 0) is 0 Å². The highest BCUT2D eigenvalue weighted by molar-refractivity contribution is 5.91. The van der Waals surface area contributed by atoms with Crippen LogP contribution in [0.25, 0.3) is 10.9 Å². The summed E-state index contributed by atoms with van der Waals surface area (Å²) in [4.78, 5) is 11.2. The zero-order chi connectivity index (χ0) is 10.3. The van der Waals surface area contributed by atoms with E-state index in [0.29, 0.717) is 0 Å². The quantitative estimate of drug-likeness (QED) is 0.636. The topological polar surface area (TPSA) is 34.9 Å². The van der Waals surface area contributed by atoms with Crippen molar-refractivity contribution in [3.05, 3.63) is 29.5 Å². The highest BCUT2D eigenvalue weighted by Crippen LogP contribution is 2.20. The van der Waals surface area contributed by atoms with Gasteiger partial charge in [-0.15, -0.1) is 0 Å². The smallest absolute Gasteiger partial charge is 0.244 e. The lowest BCUT2D eigenvalue weighted by Gasteiger charge is -2.01. The first-order chi connectivity index (χ1) is 6.61. The Hall–Kier alpha value is -1.64. The lowest BCUT2D eigenvalue weighted by atomic mass is 10.1. The van der Waals surface area contributed by atoms with E-state index in [1.165, 1.54) is 22.7 Å². The Labute approximate surface area is 82.3 Å². The molecule has 0 N–H and O–H groups in total. The van der Waals surface area contributed by atoms with Crippen LogP contribution < -0.4 is 0 Å². The van der Waals surface area contributed by atoms with E-state index in [1.807, 2.05) is 19.1 Å². The second-order valence-corrected chi connectivity index (χ2v) is 3.52. The molecular formula is C11H12N2O. The number of nitrogens with zero attached hydrogens (tertiary/aromatic N) is 2. The van der Waals surface area contributed by atoms with Crippen LogP contribution in [0, 0.1) is 13.8 Å². The van der Waals surface area contributed by atoms with Crippen molar-refractivity contribution in [1.82, 2.24) is 9.78 Å². The molecule has 1 heterocycles. The average molecular weight is 188 g/mol. The summed E-state index contributed by atoms with van der Waals surface area (Å²) >= 11 is 0. The molecule has 14 heavy (non-hydrogen) atoms. The van der Waals surface area contributed by atoms with Crippen LogP contribution in [0.15, 0.2) is 18.3 Å². The summed E-state index contributed by atoms with van der Waals surface area (Å²) in [5, 5.41) is 5.12. The first-order valence-electron chi connectivity index (χ1n) is 4.56. The Balaban J connectivity index is 2.83. The standard InChI is InChI=1S/C11H12N2O/c1-7-4-5-11-10(8(7)2)6-12-13(11)9(3)14/h4-6H,1-3H3. The molecule has 0 radical (unpaired) electrons. The average Bonchev–Trinajstić information content (AvgIpc) is 2.55. The summed E-state index contributed by atoms with van der Waals surface area (Å²) in [5.74, 6) is -0.0525. The third kappa shape index (κ3) is 1.13. The van der Waals surface area contributed by atoms with Crippen LogP contribution >= 0.6 is 0 Å². The molecule has 0 saturated heterocycles. The number of aromatic nitrogens is 2. The molecule has 0 bridgehead atoms. The zero-order valence-electron chi connectivity index (χ0n) is 8.53. The van der Waals surface area contributed by atoms with Gasteiger partial charge in [0.05, 0.1) is 11.7 Å². The maximum atomic E-state index is 11.2. The van der Waals surface area contributed by atoms with E-state index in [2.05, 4.69) is 12.0 Å². The number of carbonyl (C=O) groups excluding carboxylic acids is 1. The Kier molecular flexibility index (Phi) is 1.88. The summed E-state index contributed by atoms with van der Waals surface area (Å²) in [6.45, 7) is 5.62. The van der Waals surface area contributed by atoms with Crippen LogP contribution in [0.4, 0.5) is 0 Å². The van der Waals surface area contributed by atoms with Crippen LogP contribution in [0.2, 0.25) is 0 Å². The first-order valence-corrected chi connectivity index (χ1v) is 4.56. The molecule has 0 atom stereocenters. The minimum Gasteiger partial charge on any atom is -0.273 e. The third-order valence-electron chi connectivity index (χ3n) is 2.59. The van der Waals surface area contributed by atoms with E-state index in [-0.39, 0.29) is 5.91 Å². The predicted molar refractivity (Wildman–Crippen MR) is 55.5 cm³/mol. The molecule has 0 aliphatic carbocycles. The van der Waals surface area contributed by atoms with E-state index in [0.717, 1.165) is 10.9 Å². The molecule has 0 fully saturated rings. The Morgan fingerprint density at radius 1 is 1.36 bits per heavy atom. The number of carbonyl (C=O) groups is 1. The molecule has 72 valence electrons. The molecule has 0 aliphatic rings. The largest absolute Gasteiger partial charge is 0.273 e. The summed E-state index contributed by atoms with van der Waals surface area (Å²) in [6.07, 6.45) is 1.75. The second kappa shape index (κ2) is 2.94. The van der Waals surface area contributed by atoms with Crippen LogP contribution in [-0.4, -0.2) is 15.7 Å². The maximum absolute atomic E-state index is 11.2. The van der Waals surface area contributed by atoms with Crippen molar-refractivity contribution in [2.75, 3.05) is 0 Å². The summed E-state index contributed by atoms with van der Waals surface area (Å²) < 4.78 is 1.43. The lowest BCUT2D eigenvalue weighted by Crippen LogP contribution is -2.06. The molecule has 0 spiro atoms. The van der Waals surface area contributed by atoms with Crippen LogP contribution in [0.1, 0.15) is 22.8 Å². The number of rotatable bonds is 0. The highest BCUT2D eigenvalue weighted by Gasteiger charge is 2.08. The molecule has 0 aliphatic heterocycles. The van der Waals surface area contributed by atoms with Gasteiger partial charge in [-0.3, -0.25) is 4.79 Å². The van der Waals surface area contributed by atoms with Gasteiger partial charge in [-0.2, -0.15) is 5.10 Å². The van der Waals surface area contributed by atoms with Gasteiger partial charge in [-0.1, -0.05) is 6.07 Å². The van der Waals surface area contributed by atoms with Gasteiger partial charge in [0, 0.05) is 12.3 Å². The molecule has 0 unspecified atom stereocenters. The third-order valence-corrected chi connectivity index (χ3v) is 2.59. The van der Waals surface area contributed by atoms with Gasteiger partial charge in [0.15, 0.2) is 0 Å². The number of aryl methyl sites for hydroxylation is 2. The van der Waals surface area contributed by atoms with Gasteiger partial charge in [0.2, 0.25) is 5.91 Å². The molecule has 3 heteroatoms. The Morgan fingerprint density at radius 2 is 2.07 bits per heavy atom. The molecule has 2 aromatic rings. The number of benzene rings is 1. The van der Waals surface area contributed by atoms with Crippen molar-refractivity contribution in [3.8, 4) is 0 Å². The molecule has 0 amide bonds. The minimum absolute atomic E-state index is 0.0525. The highest BCUT2D eigenvalue weighted by atomic mass is 16.2. The summed E-state index contributed by atoms with van der Waals surface area (Å²) in [6, 6.07) is 3.95. The fourth-order valence-electron chi connectivity index (χ4n) is 1.60. The predicted octanol–water partition coefficient (Wildman–Crippen LogP) is 2.31. The van der Waals surface area contributed by atoms with Gasteiger partial charge < -0.3 is 0 Å². The summed E-state index contributed by atoms with van der Waals surface area (Å²) in [7, 11) is 0. The molecule has 1 aromatic carbocycles. The van der Waals surface area contributed by atoms with Gasteiger partial charge in [0.1, 0.15) is 0 Å². The van der Waals surface area contributed by atoms with Crippen molar-refractivity contribution in [1.29, 1.82) is 0 Å². The van der Waals surface area contributed by atoms with Crippen molar-refractivity contribution >= 4 is 16.8 Å². The lowest BCUT2D eigenvalue weighted by molar-refractivity contribution is 0.0927. The Morgan fingerprint density at radius 3 is 2.71 bits per heavy atom. The minimum atomic E-state index is -0.0525. The van der Waals surface area contributed by atoms with Crippen molar-refractivity contribution < 1.29 is 4.79 Å². The molecule has 0 saturated carbocycles. The number of fused-ring (bicyclic) bond motifs is 1. The van der Waals surface area contributed by atoms with Gasteiger partial charge in [-0.05, 0) is 31.0 Å². The maximum Gasteiger partial charge on any atom is 0.244 e. The van der Waals surface area contributed by atoms with Crippen LogP contribution in [0.3, 0.4) is 0 Å². The number of hydrogen-bond donors (Lipinski definition) is 0. The van der Waals surface area contributed by atoms with E-state index < -0.39 is 0 Å². The molecule has 3 nitrogen and oxygen atoms in total. The monoisotopic (exact) mass is 188 g/mol. The van der Waals surface area contributed by atoms with Crippen molar-refractivity contribution in [2.24, 2.45) is 0 Å². The molecule has 2 rings (SSSR count). The first kappa shape index (κ1) is 8.94. The fraction of sp³-hybridized carbons (Fsp3) is 0.273. The van der Waals surface area contributed by atoms with Crippen molar-refractivity contribution in [3.63, 3.8) is 0 Å².